The summed E-state index contributed by atoms with van der Waals surface area (Å²) in [6, 6.07) is 26.8. The van der Waals surface area contributed by atoms with Gasteiger partial charge in [0, 0.05) is 5.41 Å². The van der Waals surface area contributed by atoms with Gasteiger partial charge in [-0.25, -0.2) is 0 Å². The van der Waals surface area contributed by atoms with E-state index in [4.69, 9.17) is 0 Å². The van der Waals surface area contributed by atoms with Crippen molar-refractivity contribution in [2.75, 3.05) is 0 Å². The molecule has 0 saturated carbocycles. The summed E-state index contributed by atoms with van der Waals surface area (Å²) in [5.41, 5.74) is 5.74. The summed E-state index contributed by atoms with van der Waals surface area (Å²) in [5, 5.41) is 5.31. The van der Waals surface area contributed by atoms with Crippen molar-refractivity contribution >= 4 is 21.5 Å². The minimum Gasteiger partial charge on any atom is -0.106 e. The van der Waals surface area contributed by atoms with Gasteiger partial charge in [0.2, 0.25) is 0 Å². The van der Waals surface area contributed by atoms with Crippen LogP contribution in [0.3, 0.4) is 0 Å². The zero-order valence-corrected chi connectivity index (χ0v) is 21.4. The summed E-state index contributed by atoms with van der Waals surface area (Å²) in [6.45, 7) is 25.2. The van der Waals surface area contributed by atoms with Gasteiger partial charge >= 0.3 is 0 Å². The molecule has 1 aliphatic rings. The molecular formula is C33H40. The first-order chi connectivity index (χ1) is 16.0. The Labute approximate surface area is 202 Å². The zero-order chi connectivity index (χ0) is 25.0. The fourth-order valence-corrected chi connectivity index (χ4v) is 4.11. The Bertz CT molecular complexity index is 1100. The molecular weight excluding hydrogens is 396 g/mol. The first kappa shape index (κ1) is 27.7. The van der Waals surface area contributed by atoms with Crippen LogP contribution in [0.15, 0.2) is 111 Å². The largest absolute Gasteiger partial charge is 0.106 e. The zero-order valence-electron chi connectivity index (χ0n) is 21.4. The van der Waals surface area contributed by atoms with Crippen LogP contribution in [0.4, 0.5) is 0 Å². The highest BCUT2D eigenvalue weighted by molar-refractivity contribution is 5.97. The maximum Gasteiger partial charge on any atom is 0.0159 e. The van der Waals surface area contributed by atoms with Crippen molar-refractivity contribution in [3.63, 3.8) is 0 Å². The summed E-state index contributed by atoms with van der Waals surface area (Å²) in [6.07, 6.45) is 3.50. The number of hydrogen-bond donors (Lipinski definition) is 0. The van der Waals surface area contributed by atoms with Crippen LogP contribution in [0, 0.1) is 0 Å². The second-order valence-corrected chi connectivity index (χ2v) is 7.93. The highest BCUT2D eigenvalue weighted by Crippen LogP contribution is 2.50. The van der Waals surface area contributed by atoms with Crippen molar-refractivity contribution in [2.45, 2.75) is 47.0 Å². The van der Waals surface area contributed by atoms with Gasteiger partial charge in [-0.05, 0) is 81.9 Å². The summed E-state index contributed by atoms with van der Waals surface area (Å²) in [4.78, 5) is 0. The molecule has 0 atom stereocenters. The second-order valence-electron chi connectivity index (χ2n) is 7.93. The molecule has 1 aliphatic carbocycles. The molecule has 4 aromatic carbocycles. The van der Waals surface area contributed by atoms with Gasteiger partial charge in [-0.1, -0.05) is 88.4 Å². The Morgan fingerprint density at radius 2 is 0.818 bits per heavy atom. The van der Waals surface area contributed by atoms with Crippen LogP contribution in [0.25, 0.3) is 32.7 Å². The van der Waals surface area contributed by atoms with Gasteiger partial charge in [-0.3, -0.25) is 0 Å². The lowest BCUT2D eigenvalue weighted by atomic mass is 9.81. The van der Waals surface area contributed by atoms with Gasteiger partial charge in [0.15, 0.2) is 0 Å². The Morgan fingerprint density at radius 3 is 1.09 bits per heavy atom. The van der Waals surface area contributed by atoms with Crippen LogP contribution in [0.1, 0.15) is 52.7 Å². The molecule has 0 N–H and O–H groups in total. The van der Waals surface area contributed by atoms with Crippen molar-refractivity contribution in [3.8, 4) is 11.1 Å². The molecule has 0 radical (unpaired) electrons. The Balaban J connectivity index is 0.000000478. The van der Waals surface area contributed by atoms with Crippen molar-refractivity contribution in [3.05, 3.63) is 122 Å². The third-order valence-corrected chi connectivity index (χ3v) is 5.41. The predicted octanol–water partition coefficient (Wildman–Crippen LogP) is 10.5. The highest BCUT2D eigenvalue weighted by atomic mass is 14.4. The monoisotopic (exact) mass is 436 g/mol. The number of fused-ring (bicyclic) bond motifs is 5. The maximum atomic E-state index is 3.36. The third kappa shape index (κ3) is 5.90. The summed E-state index contributed by atoms with van der Waals surface area (Å²) in [7, 11) is 0. The quantitative estimate of drug-likeness (QED) is 0.240. The standard InChI is InChI=1S/C23H18.2C3H6.C2H6.C2H4/c1-23(2)21-13-17-9-5-3-7-15(17)11-19(21)20-12-16-8-4-6-10-18(16)14-22(20)23;2*1-3-2;2*1-2/h3-14H,1-2H3;2*3H,1H2,2H3;1-2H3;1-2H2. The lowest BCUT2D eigenvalue weighted by molar-refractivity contribution is 0.662. The van der Waals surface area contributed by atoms with E-state index >= 15 is 0 Å². The molecule has 0 fully saturated rings. The first-order valence-corrected chi connectivity index (χ1v) is 11.7. The Kier molecular flexibility index (Phi) is 11.1. The van der Waals surface area contributed by atoms with Gasteiger partial charge in [-0.15, -0.1) is 26.3 Å². The SMILES string of the molecule is C=C.C=CC.C=CC.CC.CC1(C)c2cc3ccccc3cc2-c2cc3ccccc3cc21. The lowest BCUT2D eigenvalue weighted by Gasteiger charge is -2.22. The summed E-state index contributed by atoms with van der Waals surface area (Å²) < 4.78 is 0. The van der Waals surface area contributed by atoms with E-state index in [9.17, 15) is 0 Å². The fourth-order valence-electron chi connectivity index (χ4n) is 4.11. The van der Waals surface area contributed by atoms with Gasteiger partial charge in [0.1, 0.15) is 0 Å². The third-order valence-electron chi connectivity index (χ3n) is 5.41. The maximum absolute atomic E-state index is 3.36. The Morgan fingerprint density at radius 1 is 0.576 bits per heavy atom. The topological polar surface area (TPSA) is 0 Å². The van der Waals surface area contributed by atoms with Crippen LogP contribution in [-0.4, -0.2) is 0 Å². The molecule has 5 rings (SSSR count). The highest BCUT2D eigenvalue weighted by Gasteiger charge is 2.35. The molecule has 0 spiro atoms. The van der Waals surface area contributed by atoms with Crippen molar-refractivity contribution < 1.29 is 0 Å². The minimum atomic E-state index is 0.0543. The molecule has 0 aliphatic heterocycles. The molecule has 0 heterocycles. The van der Waals surface area contributed by atoms with E-state index in [1.807, 2.05) is 27.7 Å². The van der Waals surface area contributed by atoms with Gasteiger partial charge in [-0.2, -0.15) is 0 Å². The number of rotatable bonds is 0. The molecule has 0 amide bonds. The molecule has 4 aromatic rings. The average molecular weight is 437 g/mol. The van der Waals surface area contributed by atoms with Crippen molar-refractivity contribution in [2.24, 2.45) is 0 Å². The molecule has 0 saturated heterocycles. The Hall–Kier alpha value is -3.38. The molecule has 0 heteroatoms. The van der Waals surface area contributed by atoms with Gasteiger partial charge in [0.25, 0.3) is 0 Å². The number of benzene rings is 4. The molecule has 0 nitrogen and oxygen atoms in total. The smallest absolute Gasteiger partial charge is 0.0159 e. The number of hydrogen-bond acceptors (Lipinski definition) is 0. The molecule has 0 bridgehead atoms. The first-order valence-electron chi connectivity index (χ1n) is 11.7. The van der Waals surface area contributed by atoms with E-state index < -0.39 is 0 Å². The summed E-state index contributed by atoms with van der Waals surface area (Å²) >= 11 is 0. The molecule has 0 unspecified atom stereocenters. The van der Waals surface area contributed by atoms with Crippen molar-refractivity contribution in [1.29, 1.82) is 0 Å². The predicted molar refractivity (Wildman–Crippen MR) is 153 cm³/mol. The second kappa shape index (κ2) is 13.2. The number of allylic oxidation sites excluding steroid dienone is 2. The molecule has 172 valence electrons. The summed E-state index contributed by atoms with van der Waals surface area (Å²) in [5.74, 6) is 0. The van der Waals surface area contributed by atoms with E-state index in [0.29, 0.717) is 0 Å². The minimum absolute atomic E-state index is 0.0543. The van der Waals surface area contributed by atoms with Crippen LogP contribution >= 0.6 is 0 Å². The van der Waals surface area contributed by atoms with Crippen LogP contribution < -0.4 is 0 Å². The van der Waals surface area contributed by atoms with E-state index in [-0.39, 0.29) is 5.41 Å². The lowest BCUT2D eigenvalue weighted by Crippen LogP contribution is -2.14. The fraction of sp³-hybridized carbons (Fsp3) is 0.212. The van der Waals surface area contributed by atoms with E-state index in [0.717, 1.165) is 0 Å². The van der Waals surface area contributed by atoms with E-state index in [2.05, 4.69) is 113 Å². The van der Waals surface area contributed by atoms with E-state index in [1.165, 1.54) is 43.8 Å². The van der Waals surface area contributed by atoms with Crippen LogP contribution in [0.5, 0.6) is 0 Å². The molecule has 33 heavy (non-hydrogen) atoms. The van der Waals surface area contributed by atoms with Crippen LogP contribution in [-0.2, 0) is 5.41 Å². The van der Waals surface area contributed by atoms with Crippen molar-refractivity contribution in [1.82, 2.24) is 0 Å². The normalized spacial score (nSPS) is 11.5. The van der Waals surface area contributed by atoms with E-state index in [1.54, 1.807) is 12.2 Å². The average Bonchev–Trinajstić information content (AvgIpc) is 3.06. The van der Waals surface area contributed by atoms with Gasteiger partial charge < -0.3 is 0 Å². The van der Waals surface area contributed by atoms with Crippen LogP contribution in [0.2, 0.25) is 0 Å². The van der Waals surface area contributed by atoms with Gasteiger partial charge in [0.05, 0.1) is 0 Å². The molecule has 0 aromatic heterocycles.